The summed E-state index contributed by atoms with van der Waals surface area (Å²) in [7, 11) is 0. The maximum absolute atomic E-state index is 12.9. The molecule has 0 heterocycles. The van der Waals surface area contributed by atoms with E-state index in [9.17, 15) is 9.18 Å². The fraction of sp³-hybridized carbons (Fsp3) is 0.273. The topological polar surface area (TPSA) is 87.7 Å². The van der Waals surface area contributed by atoms with Crippen LogP contribution in [0.3, 0.4) is 0 Å². The van der Waals surface area contributed by atoms with Crippen molar-refractivity contribution in [1.82, 2.24) is 0 Å². The van der Waals surface area contributed by atoms with E-state index in [2.05, 4.69) is 26.4 Å². The van der Waals surface area contributed by atoms with Gasteiger partial charge in [0, 0.05) is 4.47 Å². The van der Waals surface area contributed by atoms with Crippen molar-refractivity contribution in [3.63, 3.8) is 0 Å². The molecule has 0 fully saturated rings. The highest BCUT2D eigenvalue weighted by Gasteiger charge is 2.33. The summed E-state index contributed by atoms with van der Waals surface area (Å²) in [4.78, 5) is 12.0. The van der Waals surface area contributed by atoms with Crippen molar-refractivity contribution < 1.29 is 14.4 Å². The molecule has 0 atom stereocenters. The molecule has 0 aromatic heterocycles. The van der Waals surface area contributed by atoms with Gasteiger partial charge in [0.2, 0.25) is 5.91 Å². The van der Waals surface area contributed by atoms with Crippen LogP contribution in [0.1, 0.15) is 13.8 Å². The van der Waals surface area contributed by atoms with Crippen LogP contribution in [-0.2, 0) is 4.79 Å². The number of nitrogens with two attached hydrogens (primary N) is 1. The van der Waals surface area contributed by atoms with E-state index in [1.54, 1.807) is 0 Å². The number of rotatable bonds is 3. The van der Waals surface area contributed by atoms with Gasteiger partial charge in [0.15, 0.2) is 5.84 Å². The molecule has 0 saturated carbocycles. The van der Waals surface area contributed by atoms with Crippen LogP contribution in [0, 0.1) is 11.2 Å². The van der Waals surface area contributed by atoms with Gasteiger partial charge in [-0.25, -0.2) is 4.39 Å². The third kappa shape index (κ3) is 2.98. The number of oxime groups is 1. The third-order valence-electron chi connectivity index (χ3n) is 2.50. The van der Waals surface area contributed by atoms with Crippen molar-refractivity contribution in [2.75, 3.05) is 5.32 Å². The lowest BCUT2D eigenvalue weighted by molar-refractivity contribution is -0.121. The van der Waals surface area contributed by atoms with Gasteiger partial charge in [-0.2, -0.15) is 0 Å². The first-order chi connectivity index (χ1) is 8.28. The molecule has 1 amide bonds. The minimum atomic E-state index is -1.18. The Bertz CT molecular complexity index is 503. The highest BCUT2D eigenvalue weighted by atomic mass is 79.9. The molecule has 0 aliphatic carbocycles. The molecule has 1 aromatic carbocycles. The molecule has 98 valence electrons. The van der Waals surface area contributed by atoms with Crippen molar-refractivity contribution >= 4 is 33.4 Å². The molecule has 4 N–H and O–H groups in total. The summed E-state index contributed by atoms with van der Waals surface area (Å²) in [5, 5.41) is 14.0. The van der Waals surface area contributed by atoms with E-state index in [1.807, 2.05) is 0 Å². The number of halogens is 2. The Kier molecular flexibility index (Phi) is 4.28. The van der Waals surface area contributed by atoms with Crippen LogP contribution in [-0.4, -0.2) is 17.0 Å². The van der Waals surface area contributed by atoms with E-state index >= 15 is 0 Å². The van der Waals surface area contributed by atoms with E-state index in [1.165, 1.54) is 32.0 Å². The van der Waals surface area contributed by atoms with Gasteiger partial charge in [0.05, 0.1) is 5.69 Å². The first-order valence-corrected chi connectivity index (χ1v) is 5.83. The van der Waals surface area contributed by atoms with Crippen molar-refractivity contribution in [2.24, 2.45) is 16.3 Å². The number of carbonyl (C=O) groups excluding carboxylic acids is 1. The number of carbonyl (C=O) groups is 1. The number of hydrogen-bond acceptors (Lipinski definition) is 3. The summed E-state index contributed by atoms with van der Waals surface area (Å²) < 4.78 is 13.3. The standard InChI is InChI=1S/C11H13BrFN3O2/c1-11(2,9(14)16-18)10(17)15-8-4-3-6(13)5-7(8)12/h3-5,18H,1-2H3,(H2,14,16)(H,15,17). The van der Waals surface area contributed by atoms with Gasteiger partial charge in [-0.1, -0.05) is 5.16 Å². The lowest BCUT2D eigenvalue weighted by Gasteiger charge is -2.22. The highest BCUT2D eigenvalue weighted by molar-refractivity contribution is 9.10. The molecule has 0 saturated heterocycles. The van der Waals surface area contributed by atoms with Gasteiger partial charge >= 0.3 is 0 Å². The van der Waals surface area contributed by atoms with Crippen LogP contribution in [0.25, 0.3) is 0 Å². The third-order valence-corrected chi connectivity index (χ3v) is 3.15. The summed E-state index contributed by atoms with van der Waals surface area (Å²) in [5.41, 5.74) is 4.66. The summed E-state index contributed by atoms with van der Waals surface area (Å²) in [6.07, 6.45) is 0. The second kappa shape index (κ2) is 5.34. The minimum absolute atomic E-state index is 0.210. The average molecular weight is 318 g/mol. The Hall–Kier alpha value is -1.63. The van der Waals surface area contributed by atoms with Crippen LogP contribution in [0.4, 0.5) is 10.1 Å². The first-order valence-electron chi connectivity index (χ1n) is 5.03. The van der Waals surface area contributed by atoms with Gasteiger partial charge in [0.25, 0.3) is 0 Å². The minimum Gasteiger partial charge on any atom is -0.409 e. The Morgan fingerprint density at radius 2 is 2.17 bits per heavy atom. The number of hydrogen-bond donors (Lipinski definition) is 3. The zero-order valence-corrected chi connectivity index (χ0v) is 11.5. The van der Waals surface area contributed by atoms with Gasteiger partial charge in [-0.3, -0.25) is 4.79 Å². The molecule has 1 rings (SSSR count). The predicted octanol–water partition coefficient (Wildman–Crippen LogP) is 2.30. The molecule has 0 aliphatic heterocycles. The first kappa shape index (κ1) is 14.4. The van der Waals surface area contributed by atoms with Crippen LogP contribution in [0.5, 0.6) is 0 Å². The molecular formula is C11H13BrFN3O2. The zero-order chi connectivity index (χ0) is 13.9. The molecule has 7 heteroatoms. The summed E-state index contributed by atoms with van der Waals surface area (Å²) >= 11 is 3.13. The summed E-state index contributed by atoms with van der Waals surface area (Å²) in [5.74, 6) is -1.10. The number of nitrogens with one attached hydrogen (secondary N) is 1. The van der Waals surface area contributed by atoms with E-state index < -0.39 is 17.1 Å². The summed E-state index contributed by atoms with van der Waals surface area (Å²) in [6.45, 7) is 3.02. The van der Waals surface area contributed by atoms with E-state index in [0.717, 1.165) is 0 Å². The molecule has 0 aliphatic rings. The highest BCUT2D eigenvalue weighted by Crippen LogP contribution is 2.25. The number of benzene rings is 1. The number of amidine groups is 1. The largest absolute Gasteiger partial charge is 0.409 e. The van der Waals surface area contributed by atoms with Crippen LogP contribution in [0.15, 0.2) is 27.8 Å². The van der Waals surface area contributed by atoms with Crippen molar-refractivity contribution in [1.29, 1.82) is 0 Å². The summed E-state index contributed by atoms with van der Waals surface area (Å²) in [6, 6.07) is 3.86. The lowest BCUT2D eigenvalue weighted by atomic mass is 9.91. The Morgan fingerprint density at radius 3 is 2.67 bits per heavy atom. The van der Waals surface area contributed by atoms with Crippen LogP contribution in [0.2, 0.25) is 0 Å². The van der Waals surface area contributed by atoms with Crippen molar-refractivity contribution in [3.05, 3.63) is 28.5 Å². The van der Waals surface area contributed by atoms with Gasteiger partial charge in [0.1, 0.15) is 11.2 Å². The Morgan fingerprint density at radius 1 is 1.56 bits per heavy atom. The molecule has 0 unspecified atom stereocenters. The second-order valence-electron chi connectivity index (χ2n) is 4.19. The van der Waals surface area contributed by atoms with Crippen LogP contribution < -0.4 is 11.1 Å². The smallest absolute Gasteiger partial charge is 0.237 e. The number of nitrogens with zero attached hydrogens (tertiary/aromatic N) is 1. The quantitative estimate of drug-likeness (QED) is 0.346. The van der Waals surface area contributed by atoms with Crippen molar-refractivity contribution in [2.45, 2.75) is 13.8 Å². The monoisotopic (exact) mass is 317 g/mol. The molecule has 0 bridgehead atoms. The fourth-order valence-electron chi connectivity index (χ4n) is 1.11. The van der Waals surface area contributed by atoms with E-state index in [4.69, 9.17) is 10.9 Å². The Labute approximate surface area is 112 Å². The average Bonchev–Trinajstić information content (AvgIpc) is 2.31. The van der Waals surface area contributed by atoms with Gasteiger partial charge in [-0.15, -0.1) is 0 Å². The van der Waals surface area contributed by atoms with Crippen LogP contribution >= 0.6 is 15.9 Å². The molecule has 1 aromatic rings. The van der Waals surface area contributed by atoms with Gasteiger partial charge in [-0.05, 0) is 48.0 Å². The maximum Gasteiger partial charge on any atom is 0.237 e. The van der Waals surface area contributed by atoms with E-state index in [0.29, 0.717) is 10.2 Å². The zero-order valence-electron chi connectivity index (χ0n) is 9.87. The predicted molar refractivity (Wildman–Crippen MR) is 69.9 cm³/mol. The second-order valence-corrected chi connectivity index (χ2v) is 5.04. The lowest BCUT2D eigenvalue weighted by Crippen LogP contribution is -2.42. The van der Waals surface area contributed by atoms with E-state index in [-0.39, 0.29) is 5.84 Å². The normalized spacial score (nSPS) is 12.3. The molecule has 0 spiro atoms. The Balaban J connectivity index is 2.95. The number of amides is 1. The number of anilines is 1. The maximum atomic E-state index is 12.9. The molecule has 18 heavy (non-hydrogen) atoms. The SMILES string of the molecule is CC(C)(C(=O)Nc1ccc(F)cc1Br)C(N)=NO. The van der Waals surface area contributed by atoms with Gasteiger partial charge < -0.3 is 16.3 Å². The molecule has 0 radical (unpaired) electrons. The van der Waals surface area contributed by atoms with Crippen molar-refractivity contribution in [3.8, 4) is 0 Å². The molecule has 5 nitrogen and oxygen atoms in total. The molecular weight excluding hydrogens is 305 g/mol. The fourth-order valence-corrected chi connectivity index (χ4v) is 1.56.